The highest BCUT2D eigenvalue weighted by Crippen LogP contribution is 2.46. The van der Waals surface area contributed by atoms with Crippen LogP contribution in [0.2, 0.25) is 0 Å². The van der Waals surface area contributed by atoms with Gasteiger partial charge < -0.3 is 14.6 Å². The van der Waals surface area contributed by atoms with Gasteiger partial charge in [0.15, 0.2) is 0 Å². The van der Waals surface area contributed by atoms with E-state index in [9.17, 15) is 9.90 Å². The zero-order chi connectivity index (χ0) is 8.29. The van der Waals surface area contributed by atoms with E-state index in [4.69, 9.17) is 9.47 Å². The van der Waals surface area contributed by atoms with Crippen molar-refractivity contribution in [2.24, 2.45) is 11.8 Å². The number of aliphatic hydroxyl groups excluding tert-OH is 1. The minimum absolute atomic E-state index is 0.0569. The molecule has 0 aromatic carbocycles. The van der Waals surface area contributed by atoms with Gasteiger partial charge in [-0.25, -0.2) is 0 Å². The smallest absolute Gasteiger partial charge is 0.312 e. The van der Waals surface area contributed by atoms with Crippen LogP contribution in [-0.2, 0) is 14.3 Å². The van der Waals surface area contributed by atoms with E-state index in [1.807, 2.05) is 0 Å². The van der Waals surface area contributed by atoms with Crippen LogP contribution in [0.1, 0.15) is 6.42 Å². The molecule has 4 heteroatoms. The fourth-order valence-electron chi connectivity index (χ4n) is 2.59. The van der Waals surface area contributed by atoms with E-state index < -0.39 is 6.10 Å². The molecule has 5 unspecified atom stereocenters. The lowest BCUT2D eigenvalue weighted by Gasteiger charge is -2.20. The third-order valence-electron chi connectivity index (χ3n) is 3.17. The highest BCUT2D eigenvalue weighted by atomic mass is 16.6. The minimum Gasteiger partial charge on any atom is -0.465 e. The molecule has 0 saturated carbocycles. The number of ether oxygens (including phenoxy) is 2. The molecule has 2 bridgehead atoms. The molecule has 12 heavy (non-hydrogen) atoms. The van der Waals surface area contributed by atoms with Crippen molar-refractivity contribution < 1.29 is 19.4 Å². The van der Waals surface area contributed by atoms with Gasteiger partial charge in [0, 0.05) is 12.3 Å². The van der Waals surface area contributed by atoms with E-state index >= 15 is 0 Å². The van der Waals surface area contributed by atoms with Crippen LogP contribution in [0.3, 0.4) is 0 Å². The minimum atomic E-state index is -0.457. The van der Waals surface area contributed by atoms with Gasteiger partial charge in [-0.3, -0.25) is 4.79 Å². The number of carbonyl (C=O) groups excluding carboxylic acids is 1. The Hall–Kier alpha value is -0.610. The fraction of sp³-hybridized carbons (Fsp3) is 0.875. The van der Waals surface area contributed by atoms with Crippen LogP contribution >= 0.6 is 0 Å². The van der Waals surface area contributed by atoms with Crippen LogP contribution in [0.5, 0.6) is 0 Å². The van der Waals surface area contributed by atoms with Gasteiger partial charge in [-0.1, -0.05) is 0 Å². The Balaban J connectivity index is 1.95. The lowest BCUT2D eigenvalue weighted by atomic mass is 9.80. The van der Waals surface area contributed by atoms with Gasteiger partial charge in [0.2, 0.25) is 0 Å². The second kappa shape index (κ2) is 2.00. The van der Waals surface area contributed by atoms with E-state index in [-0.39, 0.29) is 30.0 Å². The Morgan fingerprint density at radius 3 is 3.17 bits per heavy atom. The monoisotopic (exact) mass is 170 g/mol. The standard InChI is InChI=1S/C8H10O4/c9-4-1-5-3-2-11-8(10)6(3)7(4)12-5/h3-7,9H,1-2H2. The third kappa shape index (κ3) is 0.630. The average molecular weight is 170 g/mol. The summed E-state index contributed by atoms with van der Waals surface area (Å²) in [4.78, 5) is 11.2. The van der Waals surface area contributed by atoms with Gasteiger partial charge in [0.25, 0.3) is 0 Å². The maximum absolute atomic E-state index is 11.2. The summed E-state index contributed by atoms with van der Waals surface area (Å²) >= 11 is 0. The van der Waals surface area contributed by atoms with Crippen molar-refractivity contribution in [1.82, 2.24) is 0 Å². The molecule has 5 atom stereocenters. The predicted molar refractivity (Wildman–Crippen MR) is 37.2 cm³/mol. The molecular weight excluding hydrogens is 160 g/mol. The zero-order valence-electron chi connectivity index (χ0n) is 6.47. The van der Waals surface area contributed by atoms with E-state index in [1.165, 1.54) is 0 Å². The van der Waals surface area contributed by atoms with Gasteiger partial charge in [-0.15, -0.1) is 0 Å². The van der Waals surface area contributed by atoms with Crippen LogP contribution < -0.4 is 0 Å². The Labute approximate surface area is 69.5 Å². The van der Waals surface area contributed by atoms with E-state index in [2.05, 4.69) is 0 Å². The van der Waals surface area contributed by atoms with Gasteiger partial charge >= 0.3 is 5.97 Å². The summed E-state index contributed by atoms with van der Waals surface area (Å²) in [6.07, 6.45) is -0.0130. The van der Waals surface area contributed by atoms with Gasteiger partial charge in [0.05, 0.1) is 30.8 Å². The van der Waals surface area contributed by atoms with Gasteiger partial charge in [-0.2, -0.15) is 0 Å². The Morgan fingerprint density at radius 1 is 1.50 bits per heavy atom. The predicted octanol–water partition coefficient (Wildman–Crippen LogP) is -0.692. The molecule has 3 aliphatic rings. The average Bonchev–Trinajstić information content (AvgIpc) is 2.62. The molecule has 0 aromatic heterocycles. The highest BCUT2D eigenvalue weighted by Gasteiger charge is 2.60. The molecule has 3 rings (SSSR count). The van der Waals surface area contributed by atoms with Crippen molar-refractivity contribution in [3.8, 4) is 0 Å². The lowest BCUT2D eigenvalue weighted by Crippen LogP contribution is -2.37. The highest BCUT2D eigenvalue weighted by molar-refractivity contribution is 5.76. The molecule has 3 heterocycles. The Kier molecular flexibility index (Phi) is 1.14. The number of hydrogen-bond donors (Lipinski definition) is 1. The summed E-state index contributed by atoms with van der Waals surface area (Å²) in [7, 11) is 0. The zero-order valence-corrected chi connectivity index (χ0v) is 6.47. The fourth-order valence-corrected chi connectivity index (χ4v) is 2.59. The molecule has 3 fully saturated rings. The summed E-state index contributed by atoms with van der Waals surface area (Å²) in [6, 6.07) is 0. The molecule has 0 aliphatic carbocycles. The van der Waals surface area contributed by atoms with Crippen molar-refractivity contribution >= 4 is 5.97 Å². The molecule has 4 nitrogen and oxygen atoms in total. The van der Waals surface area contributed by atoms with Crippen LogP contribution in [0, 0.1) is 11.8 Å². The summed E-state index contributed by atoms with van der Waals surface area (Å²) < 4.78 is 10.4. The third-order valence-corrected chi connectivity index (χ3v) is 3.17. The maximum atomic E-state index is 11.2. The second-order valence-electron chi connectivity index (χ2n) is 3.76. The van der Waals surface area contributed by atoms with Crippen molar-refractivity contribution in [2.75, 3.05) is 6.61 Å². The van der Waals surface area contributed by atoms with Crippen LogP contribution in [0.4, 0.5) is 0 Å². The van der Waals surface area contributed by atoms with Crippen molar-refractivity contribution in [1.29, 1.82) is 0 Å². The van der Waals surface area contributed by atoms with E-state index in [1.54, 1.807) is 0 Å². The number of rotatable bonds is 0. The Bertz CT molecular complexity index is 239. The normalized spacial score (nSPS) is 55.8. The molecule has 3 saturated heterocycles. The molecule has 66 valence electrons. The molecule has 0 amide bonds. The summed E-state index contributed by atoms with van der Waals surface area (Å²) in [5.74, 6) is -0.157. The maximum Gasteiger partial charge on any atom is 0.312 e. The first-order valence-electron chi connectivity index (χ1n) is 4.27. The quantitative estimate of drug-likeness (QED) is 0.489. The number of aliphatic hydroxyl groups is 1. The second-order valence-corrected chi connectivity index (χ2v) is 3.76. The van der Waals surface area contributed by atoms with Crippen molar-refractivity contribution in [3.05, 3.63) is 0 Å². The largest absolute Gasteiger partial charge is 0.465 e. The molecule has 1 N–H and O–H groups in total. The summed E-state index contributed by atoms with van der Waals surface area (Å²) in [6.45, 7) is 0.484. The molecular formula is C8H10O4. The molecule has 3 aliphatic heterocycles. The summed E-state index contributed by atoms with van der Waals surface area (Å²) in [5.41, 5.74) is 0. The number of esters is 1. The first-order chi connectivity index (χ1) is 5.77. The molecule has 0 radical (unpaired) electrons. The van der Waals surface area contributed by atoms with Crippen LogP contribution in [0.25, 0.3) is 0 Å². The molecule has 0 spiro atoms. The van der Waals surface area contributed by atoms with Gasteiger partial charge in [0.1, 0.15) is 0 Å². The van der Waals surface area contributed by atoms with E-state index in [0.717, 1.165) is 0 Å². The lowest BCUT2D eigenvalue weighted by molar-refractivity contribution is -0.145. The number of cyclic esters (lactones) is 1. The molecule has 0 aromatic rings. The van der Waals surface area contributed by atoms with Crippen LogP contribution in [0.15, 0.2) is 0 Å². The van der Waals surface area contributed by atoms with Crippen molar-refractivity contribution in [2.45, 2.75) is 24.7 Å². The SMILES string of the molecule is O=C1OCC2C3CC(O)C(O3)C12. The van der Waals surface area contributed by atoms with E-state index in [0.29, 0.717) is 13.0 Å². The first-order valence-corrected chi connectivity index (χ1v) is 4.27. The number of carbonyl (C=O) groups is 1. The topological polar surface area (TPSA) is 55.8 Å². The van der Waals surface area contributed by atoms with Crippen molar-refractivity contribution in [3.63, 3.8) is 0 Å². The van der Waals surface area contributed by atoms with Crippen LogP contribution in [-0.4, -0.2) is 36.0 Å². The first kappa shape index (κ1) is 6.86. The number of fused-ring (bicyclic) bond motifs is 5. The summed E-state index contributed by atoms with van der Waals surface area (Å²) in [5, 5.41) is 9.45. The Morgan fingerprint density at radius 2 is 2.33 bits per heavy atom. The van der Waals surface area contributed by atoms with Gasteiger partial charge in [-0.05, 0) is 0 Å². The number of hydrogen-bond acceptors (Lipinski definition) is 4.